The average molecular weight is 299 g/mol. The minimum absolute atomic E-state index is 0.0411. The summed E-state index contributed by atoms with van der Waals surface area (Å²) in [6.07, 6.45) is 0.865. The fraction of sp³-hybridized carbons (Fsp3) is 0.500. The first kappa shape index (κ1) is 15.1. The normalized spacial score (nSPS) is 16.6. The van der Waals surface area contributed by atoms with E-state index in [-0.39, 0.29) is 18.6 Å². The van der Waals surface area contributed by atoms with E-state index >= 15 is 0 Å². The molecule has 0 fully saturated rings. The van der Waals surface area contributed by atoms with Gasteiger partial charge in [-0.15, -0.1) is 0 Å². The Balaban J connectivity index is 1.66. The summed E-state index contributed by atoms with van der Waals surface area (Å²) in [4.78, 5) is 11.5. The zero-order valence-corrected chi connectivity index (χ0v) is 12.2. The van der Waals surface area contributed by atoms with Gasteiger partial charge in [0.25, 0.3) is 0 Å². The molecule has 1 amide bonds. The number of carbonyl (C=O) groups excluding carboxylic acids is 1. The SMILES string of the molecule is COCCNC(=O)CNCC1Cc2cc(Cl)ccc2O1. The number of methoxy groups -OCH3 is 1. The second-order valence-electron chi connectivity index (χ2n) is 4.67. The molecule has 2 N–H and O–H groups in total. The summed E-state index contributed by atoms with van der Waals surface area (Å²) in [7, 11) is 1.60. The van der Waals surface area contributed by atoms with Gasteiger partial charge in [0.15, 0.2) is 0 Å². The molecule has 20 heavy (non-hydrogen) atoms. The molecule has 1 aliphatic rings. The van der Waals surface area contributed by atoms with Crippen LogP contribution in [0.3, 0.4) is 0 Å². The predicted octanol–water partition coefficient (Wildman–Crippen LogP) is 0.996. The molecule has 0 aromatic heterocycles. The minimum atomic E-state index is -0.0411. The third-order valence-corrected chi connectivity index (χ3v) is 3.28. The van der Waals surface area contributed by atoms with E-state index in [4.69, 9.17) is 21.1 Å². The lowest BCUT2D eigenvalue weighted by Gasteiger charge is -2.11. The van der Waals surface area contributed by atoms with Crippen molar-refractivity contribution >= 4 is 17.5 Å². The monoisotopic (exact) mass is 298 g/mol. The summed E-state index contributed by atoms with van der Waals surface area (Å²) in [5.74, 6) is 0.839. The number of ether oxygens (including phenoxy) is 2. The molecule has 0 bridgehead atoms. The van der Waals surface area contributed by atoms with Crippen molar-refractivity contribution in [2.24, 2.45) is 0 Å². The number of carbonyl (C=O) groups is 1. The van der Waals surface area contributed by atoms with Crippen LogP contribution in [0.5, 0.6) is 5.75 Å². The molecular formula is C14H19ClN2O3. The molecule has 2 rings (SSSR count). The molecule has 1 aromatic carbocycles. The smallest absolute Gasteiger partial charge is 0.234 e. The highest BCUT2D eigenvalue weighted by Crippen LogP contribution is 2.30. The van der Waals surface area contributed by atoms with Gasteiger partial charge in [0, 0.05) is 31.6 Å². The maximum Gasteiger partial charge on any atom is 0.234 e. The van der Waals surface area contributed by atoms with Gasteiger partial charge in [0.1, 0.15) is 11.9 Å². The van der Waals surface area contributed by atoms with Gasteiger partial charge in [-0.2, -0.15) is 0 Å². The number of amides is 1. The molecule has 5 nitrogen and oxygen atoms in total. The molecule has 6 heteroatoms. The molecule has 0 spiro atoms. The number of hydrogen-bond donors (Lipinski definition) is 2. The molecule has 1 heterocycles. The summed E-state index contributed by atoms with van der Waals surface area (Å²) < 4.78 is 10.6. The Morgan fingerprint density at radius 3 is 3.20 bits per heavy atom. The van der Waals surface area contributed by atoms with Crippen molar-refractivity contribution in [1.29, 1.82) is 0 Å². The number of nitrogens with one attached hydrogen (secondary N) is 2. The Bertz CT molecular complexity index is 468. The highest BCUT2D eigenvalue weighted by molar-refractivity contribution is 6.30. The quantitative estimate of drug-likeness (QED) is 0.737. The Labute approximate surface area is 123 Å². The lowest BCUT2D eigenvalue weighted by Crippen LogP contribution is -2.39. The Hall–Kier alpha value is -1.30. The second-order valence-corrected chi connectivity index (χ2v) is 5.11. The lowest BCUT2D eigenvalue weighted by atomic mass is 10.1. The van der Waals surface area contributed by atoms with Crippen LogP contribution in [0, 0.1) is 0 Å². The van der Waals surface area contributed by atoms with Gasteiger partial charge in [-0.1, -0.05) is 11.6 Å². The van der Waals surface area contributed by atoms with Crippen LogP contribution in [0.25, 0.3) is 0 Å². The lowest BCUT2D eigenvalue weighted by molar-refractivity contribution is -0.120. The first-order chi connectivity index (χ1) is 9.69. The van der Waals surface area contributed by atoms with Crippen LogP contribution in [-0.4, -0.2) is 45.4 Å². The topological polar surface area (TPSA) is 59.6 Å². The molecule has 1 atom stereocenters. The average Bonchev–Trinajstić information content (AvgIpc) is 2.81. The summed E-state index contributed by atoms with van der Waals surface area (Å²) in [5, 5.41) is 6.56. The highest BCUT2D eigenvalue weighted by atomic mass is 35.5. The van der Waals surface area contributed by atoms with Crippen LogP contribution < -0.4 is 15.4 Å². The molecule has 1 unspecified atom stereocenters. The van der Waals surface area contributed by atoms with Crippen LogP contribution in [0.15, 0.2) is 18.2 Å². The van der Waals surface area contributed by atoms with Gasteiger partial charge < -0.3 is 20.1 Å². The van der Waals surface area contributed by atoms with Crippen LogP contribution in [-0.2, 0) is 16.0 Å². The molecule has 0 aliphatic carbocycles. The minimum Gasteiger partial charge on any atom is -0.488 e. The zero-order chi connectivity index (χ0) is 14.4. The van der Waals surface area contributed by atoms with Crippen molar-refractivity contribution < 1.29 is 14.3 Å². The van der Waals surface area contributed by atoms with Gasteiger partial charge in [0.05, 0.1) is 13.2 Å². The van der Waals surface area contributed by atoms with E-state index in [2.05, 4.69) is 10.6 Å². The summed E-state index contributed by atoms with van der Waals surface area (Å²) in [5.41, 5.74) is 1.12. The van der Waals surface area contributed by atoms with Gasteiger partial charge in [0.2, 0.25) is 5.91 Å². The van der Waals surface area contributed by atoms with Gasteiger partial charge in [-0.25, -0.2) is 0 Å². The van der Waals surface area contributed by atoms with E-state index in [1.807, 2.05) is 18.2 Å². The van der Waals surface area contributed by atoms with E-state index in [0.717, 1.165) is 22.8 Å². The maximum atomic E-state index is 11.5. The van der Waals surface area contributed by atoms with Crippen molar-refractivity contribution in [3.63, 3.8) is 0 Å². The fourth-order valence-corrected chi connectivity index (χ4v) is 2.30. The second kappa shape index (κ2) is 7.47. The molecule has 0 saturated carbocycles. The standard InChI is InChI=1S/C14H19ClN2O3/c1-19-5-4-17-14(18)9-16-8-12-7-10-6-11(15)2-3-13(10)20-12/h2-3,6,12,16H,4-5,7-9H2,1H3,(H,17,18). The molecular weight excluding hydrogens is 280 g/mol. The number of rotatable bonds is 7. The Morgan fingerprint density at radius 1 is 1.55 bits per heavy atom. The van der Waals surface area contributed by atoms with E-state index in [1.54, 1.807) is 7.11 Å². The maximum absolute atomic E-state index is 11.5. The first-order valence-electron chi connectivity index (χ1n) is 6.60. The van der Waals surface area contributed by atoms with E-state index in [1.165, 1.54) is 0 Å². The molecule has 0 radical (unpaired) electrons. The summed E-state index contributed by atoms with van der Waals surface area (Å²) in [6.45, 7) is 1.96. The molecule has 110 valence electrons. The predicted molar refractivity (Wildman–Crippen MR) is 77.3 cm³/mol. The number of benzene rings is 1. The Morgan fingerprint density at radius 2 is 2.40 bits per heavy atom. The third-order valence-electron chi connectivity index (χ3n) is 3.05. The van der Waals surface area contributed by atoms with E-state index in [9.17, 15) is 4.79 Å². The van der Waals surface area contributed by atoms with Crippen LogP contribution in [0.4, 0.5) is 0 Å². The number of hydrogen-bond acceptors (Lipinski definition) is 4. The first-order valence-corrected chi connectivity index (χ1v) is 6.98. The third kappa shape index (κ3) is 4.37. The van der Waals surface area contributed by atoms with Gasteiger partial charge in [-0.05, 0) is 23.8 Å². The zero-order valence-electron chi connectivity index (χ0n) is 11.4. The molecule has 1 aliphatic heterocycles. The van der Waals surface area contributed by atoms with Gasteiger partial charge in [-0.3, -0.25) is 4.79 Å². The van der Waals surface area contributed by atoms with Gasteiger partial charge >= 0.3 is 0 Å². The number of halogens is 1. The van der Waals surface area contributed by atoms with Crippen molar-refractivity contribution in [2.75, 3.05) is 33.4 Å². The van der Waals surface area contributed by atoms with E-state index < -0.39 is 0 Å². The Kier molecular flexibility index (Phi) is 5.64. The van der Waals surface area contributed by atoms with Crippen molar-refractivity contribution in [3.8, 4) is 5.75 Å². The largest absolute Gasteiger partial charge is 0.488 e. The van der Waals surface area contributed by atoms with Crippen LogP contribution in [0.1, 0.15) is 5.56 Å². The van der Waals surface area contributed by atoms with Crippen molar-refractivity contribution in [3.05, 3.63) is 28.8 Å². The highest BCUT2D eigenvalue weighted by Gasteiger charge is 2.22. The molecule has 1 aromatic rings. The molecule has 0 saturated heterocycles. The van der Waals surface area contributed by atoms with Crippen molar-refractivity contribution in [1.82, 2.24) is 10.6 Å². The van der Waals surface area contributed by atoms with E-state index in [0.29, 0.717) is 19.7 Å². The van der Waals surface area contributed by atoms with Crippen LogP contribution in [0.2, 0.25) is 5.02 Å². The summed E-state index contributed by atoms with van der Waals surface area (Å²) >= 11 is 5.94. The van der Waals surface area contributed by atoms with Crippen molar-refractivity contribution in [2.45, 2.75) is 12.5 Å². The fourth-order valence-electron chi connectivity index (χ4n) is 2.10. The van der Waals surface area contributed by atoms with Crippen LogP contribution >= 0.6 is 11.6 Å². The summed E-state index contributed by atoms with van der Waals surface area (Å²) in [6, 6.07) is 5.63. The number of fused-ring (bicyclic) bond motifs is 1.